The van der Waals surface area contributed by atoms with E-state index in [1.807, 2.05) is 6.92 Å². The SMILES string of the molecule is CC1CCCC(OC2OC(CO)C(O)C3OC(C(=O)O)C(CO)CCCOC23)C1OC1OC(C)C(O)C(O)C1O. The molecule has 15 atom stereocenters. The highest BCUT2D eigenvalue weighted by molar-refractivity contribution is 5.72. The molecule has 1 saturated carbocycles. The van der Waals surface area contributed by atoms with Crippen molar-refractivity contribution in [1.82, 2.24) is 0 Å². The number of ether oxygens (including phenoxy) is 6. The van der Waals surface area contributed by atoms with E-state index in [4.69, 9.17) is 28.4 Å². The Morgan fingerprint density at radius 3 is 2.23 bits per heavy atom. The third-order valence-corrected chi connectivity index (χ3v) is 8.52. The van der Waals surface area contributed by atoms with E-state index in [0.29, 0.717) is 19.3 Å². The summed E-state index contributed by atoms with van der Waals surface area (Å²) < 4.78 is 36.0. The molecule has 3 saturated heterocycles. The van der Waals surface area contributed by atoms with Crippen molar-refractivity contribution in [2.24, 2.45) is 11.8 Å². The first-order chi connectivity index (χ1) is 19.1. The molecule has 7 N–H and O–H groups in total. The Morgan fingerprint density at radius 2 is 1.55 bits per heavy atom. The Kier molecular flexibility index (Phi) is 11.1. The lowest BCUT2D eigenvalue weighted by atomic mass is 9.85. The van der Waals surface area contributed by atoms with E-state index < -0.39 is 105 Å². The van der Waals surface area contributed by atoms with Crippen molar-refractivity contribution in [3.63, 3.8) is 0 Å². The molecular formula is C26H44O14. The molecule has 1 aliphatic carbocycles. The number of aliphatic hydroxyl groups excluding tert-OH is 6. The first kappa shape index (κ1) is 31.9. The molecule has 232 valence electrons. The van der Waals surface area contributed by atoms with Crippen LogP contribution in [0.15, 0.2) is 0 Å². The van der Waals surface area contributed by atoms with Gasteiger partial charge in [-0.1, -0.05) is 13.3 Å². The van der Waals surface area contributed by atoms with Crippen LogP contribution in [0.2, 0.25) is 0 Å². The van der Waals surface area contributed by atoms with E-state index in [0.717, 1.165) is 12.8 Å². The van der Waals surface area contributed by atoms with Gasteiger partial charge in [-0.05, 0) is 38.5 Å². The number of fused-ring (bicyclic) bond motifs is 1. The molecule has 0 radical (unpaired) electrons. The second-order valence-electron chi connectivity index (χ2n) is 11.4. The Balaban J connectivity index is 1.56. The van der Waals surface area contributed by atoms with Crippen LogP contribution in [0.1, 0.15) is 46.0 Å². The van der Waals surface area contributed by atoms with Crippen molar-refractivity contribution in [3.8, 4) is 0 Å². The highest BCUT2D eigenvalue weighted by Crippen LogP contribution is 2.37. The summed E-state index contributed by atoms with van der Waals surface area (Å²) in [5, 5.41) is 71.3. The van der Waals surface area contributed by atoms with Crippen molar-refractivity contribution in [2.75, 3.05) is 19.8 Å². The summed E-state index contributed by atoms with van der Waals surface area (Å²) in [5.74, 6) is -2.08. The molecule has 4 aliphatic rings. The fourth-order valence-electron chi connectivity index (χ4n) is 6.08. The number of hydrogen-bond donors (Lipinski definition) is 7. The normalized spacial score (nSPS) is 48.9. The summed E-state index contributed by atoms with van der Waals surface area (Å²) in [6.45, 7) is 2.64. The van der Waals surface area contributed by atoms with Gasteiger partial charge >= 0.3 is 5.97 Å². The van der Waals surface area contributed by atoms with Crippen LogP contribution < -0.4 is 0 Å². The average molecular weight is 581 g/mol. The number of rotatable bonds is 7. The molecule has 3 heterocycles. The van der Waals surface area contributed by atoms with Gasteiger partial charge in [0.05, 0.1) is 24.9 Å². The van der Waals surface area contributed by atoms with Crippen molar-refractivity contribution >= 4 is 5.97 Å². The highest BCUT2D eigenvalue weighted by atomic mass is 16.7. The molecule has 15 unspecified atom stereocenters. The highest BCUT2D eigenvalue weighted by Gasteiger charge is 2.52. The van der Waals surface area contributed by atoms with Gasteiger partial charge in [-0.2, -0.15) is 0 Å². The molecule has 14 heteroatoms. The minimum Gasteiger partial charge on any atom is -0.479 e. The first-order valence-electron chi connectivity index (χ1n) is 14.1. The minimum atomic E-state index is -1.50. The van der Waals surface area contributed by atoms with Gasteiger partial charge in [0.25, 0.3) is 0 Å². The van der Waals surface area contributed by atoms with Crippen LogP contribution in [0.25, 0.3) is 0 Å². The van der Waals surface area contributed by atoms with E-state index in [-0.39, 0.29) is 12.5 Å². The topological polar surface area (TPSA) is 214 Å². The number of carbonyl (C=O) groups is 1. The summed E-state index contributed by atoms with van der Waals surface area (Å²) in [4.78, 5) is 12.0. The van der Waals surface area contributed by atoms with Crippen LogP contribution in [0.3, 0.4) is 0 Å². The number of carboxylic acid groups (broad SMARTS) is 1. The third kappa shape index (κ3) is 6.79. The van der Waals surface area contributed by atoms with Crippen LogP contribution >= 0.6 is 0 Å². The summed E-state index contributed by atoms with van der Waals surface area (Å²) in [6, 6.07) is 0. The average Bonchev–Trinajstić information content (AvgIpc) is 3.02. The number of hydrogen-bond acceptors (Lipinski definition) is 13. The van der Waals surface area contributed by atoms with E-state index in [2.05, 4.69) is 0 Å². The zero-order valence-corrected chi connectivity index (χ0v) is 22.8. The Morgan fingerprint density at radius 1 is 0.800 bits per heavy atom. The summed E-state index contributed by atoms with van der Waals surface area (Å²) in [6.07, 6.45) is -12.2. The maximum atomic E-state index is 12.0. The number of aliphatic carboxylic acids is 1. The molecule has 40 heavy (non-hydrogen) atoms. The van der Waals surface area contributed by atoms with E-state index in [1.54, 1.807) is 6.92 Å². The first-order valence-corrected chi connectivity index (χ1v) is 14.1. The molecule has 0 bridgehead atoms. The summed E-state index contributed by atoms with van der Waals surface area (Å²) in [7, 11) is 0. The largest absolute Gasteiger partial charge is 0.479 e. The predicted octanol–water partition coefficient (Wildman–Crippen LogP) is -1.89. The van der Waals surface area contributed by atoms with Crippen LogP contribution in [-0.4, -0.2) is 141 Å². The quantitative estimate of drug-likeness (QED) is 0.175. The lowest BCUT2D eigenvalue weighted by Crippen LogP contribution is -2.63. The van der Waals surface area contributed by atoms with Gasteiger partial charge < -0.3 is 64.2 Å². The molecule has 0 aromatic carbocycles. The molecule has 14 nitrogen and oxygen atoms in total. The maximum absolute atomic E-state index is 12.0. The van der Waals surface area contributed by atoms with E-state index in [9.17, 15) is 40.5 Å². The molecule has 4 fully saturated rings. The molecule has 0 amide bonds. The van der Waals surface area contributed by atoms with E-state index >= 15 is 0 Å². The Labute approximate surface area is 232 Å². The van der Waals surface area contributed by atoms with Crippen LogP contribution in [0, 0.1) is 11.8 Å². The molecular weight excluding hydrogens is 536 g/mol. The Bertz CT molecular complexity index is 816. The zero-order valence-electron chi connectivity index (χ0n) is 22.8. The zero-order chi connectivity index (χ0) is 29.1. The second-order valence-corrected chi connectivity index (χ2v) is 11.4. The number of carboxylic acids is 1. The second kappa shape index (κ2) is 14.0. The monoisotopic (exact) mass is 580 g/mol. The van der Waals surface area contributed by atoms with Gasteiger partial charge in [0.15, 0.2) is 18.7 Å². The van der Waals surface area contributed by atoms with Crippen LogP contribution in [0.4, 0.5) is 0 Å². The van der Waals surface area contributed by atoms with Crippen LogP contribution in [0.5, 0.6) is 0 Å². The predicted molar refractivity (Wildman–Crippen MR) is 133 cm³/mol. The van der Waals surface area contributed by atoms with Gasteiger partial charge in [0.2, 0.25) is 0 Å². The van der Waals surface area contributed by atoms with Gasteiger partial charge in [-0.25, -0.2) is 4.79 Å². The molecule has 3 aliphatic heterocycles. The number of aliphatic hydroxyl groups is 6. The summed E-state index contributed by atoms with van der Waals surface area (Å²) >= 11 is 0. The lowest BCUT2D eigenvalue weighted by Gasteiger charge is -2.47. The molecule has 4 rings (SSSR count). The molecule has 0 aromatic heterocycles. The van der Waals surface area contributed by atoms with Crippen molar-refractivity contribution in [3.05, 3.63) is 0 Å². The fraction of sp³-hybridized carbons (Fsp3) is 0.962. The fourth-order valence-corrected chi connectivity index (χ4v) is 6.08. The van der Waals surface area contributed by atoms with Crippen LogP contribution in [-0.2, 0) is 33.2 Å². The van der Waals surface area contributed by atoms with Gasteiger partial charge in [-0.15, -0.1) is 0 Å². The van der Waals surface area contributed by atoms with Gasteiger partial charge in [0.1, 0.15) is 42.7 Å². The van der Waals surface area contributed by atoms with Gasteiger partial charge in [-0.3, -0.25) is 0 Å². The maximum Gasteiger partial charge on any atom is 0.333 e. The van der Waals surface area contributed by atoms with Crippen molar-refractivity contribution in [2.45, 2.75) is 126 Å². The standard InChI is InChI=1S/C26H44O14/c1-11-5-3-7-14(20(11)40-25-19(32)18(31)16(29)12(2)36-25)37-26-23-22(17(30)15(10-28)38-26)39-21(24(33)34)13(9-27)6-4-8-35-23/h11-23,25-32H,3-10H2,1-2H3,(H,33,34). The smallest absolute Gasteiger partial charge is 0.333 e. The van der Waals surface area contributed by atoms with Crippen molar-refractivity contribution in [1.29, 1.82) is 0 Å². The minimum absolute atomic E-state index is 0.0631. The molecule has 0 spiro atoms. The van der Waals surface area contributed by atoms with Gasteiger partial charge in [0, 0.05) is 19.1 Å². The summed E-state index contributed by atoms with van der Waals surface area (Å²) in [5.41, 5.74) is 0. The molecule has 0 aromatic rings. The Hall–Kier alpha value is -1.01. The lowest BCUT2D eigenvalue weighted by molar-refractivity contribution is -0.352. The third-order valence-electron chi connectivity index (χ3n) is 8.52. The van der Waals surface area contributed by atoms with E-state index in [1.165, 1.54) is 0 Å². The van der Waals surface area contributed by atoms with Crippen molar-refractivity contribution < 1.29 is 69.0 Å².